The van der Waals surface area contributed by atoms with Gasteiger partial charge in [0.25, 0.3) is 11.5 Å². The molecular formula is C26H29N3O7. The topological polar surface area (TPSA) is 124 Å². The molecule has 2 aromatic carbocycles. The van der Waals surface area contributed by atoms with Crippen molar-refractivity contribution in [2.75, 3.05) is 31.7 Å². The van der Waals surface area contributed by atoms with Crippen LogP contribution in [0.3, 0.4) is 0 Å². The number of carbonyl (C=O) groups excluding carboxylic acids is 1. The normalized spacial score (nSPS) is 17.3. The zero-order chi connectivity index (χ0) is 25.5. The quantitative estimate of drug-likeness (QED) is 0.291. The van der Waals surface area contributed by atoms with Gasteiger partial charge >= 0.3 is 0 Å². The highest BCUT2D eigenvalue weighted by atomic mass is 16.7. The standard InChI is InChI=1S/C26H29N3O7/c1-28-22(17-24(32)29(28)20-5-3-2-4-6-20)18-15-23(26(33)27-19-7-9-21(31)10-8-19)36-25(16-18)35-14-13-34-12-11-30/h2-10,15,17-18,25,30-31H,11-14,16H2,1H3,(H,27,33)/t18-,25+/m1/s1. The maximum atomic E-state index is 13.0. The highest BCUT2D eigenvalue weighted by molar-refractivity contribution is 6.02. The Hall–Kier alpha value is -3.86. The van der Waals surface area contributed by atoms with Crippen molar-refractivity contribution in [3.63, 3.8) is 0 Å². The van der Waals surface area contributed by atoms with Gasteiger partial charge in [-0.15, -0.1) is 0 Å². The van der Waals surface area contributed by atoms with Gasteiger partial charge in [0.1, 0.15) is 5.75 Å². The second-order valence-electron chi connectivity index (χ2n) is 8.21. The Morgan fingerprint density at radius 2 is 1.86 bits per heavy atom. The van der Waals surface area contributed by atoms with Crippen LogP contribution in [0.25, 0.3) is 5.69 Å². The van der Waals surface area contributed by atoms with Gasteiger partial charge in [0.2, 0.25) is 6.29 Å². The Balaban J connectivity index is 1.59. The zero-order valence-electron chi connectivity index (χ0n) is 19.9. The van der Waals surface area contributed by atoms with Crippen molar-refractivity contribution < 1.29 is 29.2 Å². The van der Waals surface area contributed by atoms with E-state index in [9.17, 15) is 14.7 Å². The molecule has 10 nitrogen and oxygen atoms in total. The average molecular weight is 496 g/mol. The Kier molecular flexibility index (Phi) is 8.21. The summed E-state index contributed by atoms with van der Waals surface area (Å²) in [6, 6.07) is 16.9. The number of aromatic nitrogens is 2. The van der Waals surface area contributed by atoms with Gasteiger partial charge < -0.3 is 29.7 Å². The third-order valence-electron chi connectivity index (χ3n) is 5.71. The number of para-hydroxylation sites is 1. The molecule has 0 saturated carbocycles. The summed E-state index contributed by atoms with van der Waals surface area (Å²) >= 11 is 0. The van der Waals surface area contributed by atoms with Crippen LogP contribution in [-0.2, 0) is 26.1 Å². The average Bonchev–Trinajstić information content (AvgIpc) is 3.19. The number of phenols is 1. The fourth-order valence-electron chi connectivity index (χ4n) is 4.03. The lowest BCUT2D eigenvalue weighted by Gasteiger charge is -2.29. The molecule has 0 radical (unpaired) electrons. The van der Waals surface area contributed by atoms with Gasteiger partial charge in [-0.25, -0.2) is 4.68 Å². The summed E-state index contributed by atoms with van der Waals surface area (Å²) in [5, 5.41) is 21.1. The van der Waals surface area contributed by atoms with E-state index < -0.39 is 12.2 Å². The van der Waals surface area contributed by atoms with Gasteiger partial charge in [-0.05, 0) is 42.5 Å². The number of aromatic hydroxyl groups is 1. The van der Waals surface area contributed by atoms with Gasteiger partial charge in [0, 0.05) is 36.8 Å². The Morgan fingerprint density at radius 1 is 1.11 bits per heavy atom. The largest absolute Gasteiger partial charge is 0.508 e. The Morgan fingerprint density at radius 3 is 2.58 bits per heavy atom. The molecule has 36 heavy (non-hydrogen) atoms. The molecule has 0 spiro atoms. The van der Waals surface area contributed by atoms with E-state index in [1.165, 1.54) is 12.1 Å². The molecule has 2 atom stereocenters. The summed E-state index contributed by atoms with van der Waals surface area (Å²) in [6.45, 7) is 0.576. The molecule has 10 heteroatoms. The van der Waals surface area contributed by atoms with Crippen LogP contribution in [0.1, 0.15) is 18.0 Å². The van der Waals surface area contributed by atoms with Crippen molar-refractivity contribution in [1.82, 2.24) is 9.36 Å². The molecule has 3 N–H and O–H groups in total. The summed E-state index contributed by atoms with van der Waals surface area (Å²) in [4.78, 5) is 25.9. The summed E-state index contributed by atoms with van der Waals surface area (Å²) in [5.74, 6) is -0.684. The molecule has 1 aliphatic rings. The highest BCUT2D eigenvalue weighted by Gasteiger charge is 2.31. The van der Waals surface area contributed by atoms with Crippen LogP contribution >= 0.6 is 0 Å². The number of amides is 1. The zero-order valence-corrected chi connectivity index (χ0v) is 19.9. The molecule has 3 aromatic rings. The number of hydrogen-bond acceptors (Lipinski definition) is 7. The van der Waals surface area contributed by atoms with Crippen molar-refractivity contribution in [3.05, 3.63) is 88.5 Å². The number of aliphatic hydroxyl groups excluding tert-OH is 1. The number of phenolic OH excluding ortho intramolecular Hbond substituents is 1. The maximum absolute atomic E-state index is 13.0. The number of nitrogens with zero attached hydrogens (tertiary/aromatic N) is 2. The summed E-state index contributed by atoms with van der Waals surface area (Å²) in [6.07, 6.45) is 1.30. The molecule has 0 unspecified atom stereocenters. The summed E-state index contributed by atoms with van der Waals surface area (Å²) in [7, 11) is 1.79. The van der Waals surface area contributed by atoms with Gasteiger partial charge in [0.05, 0.1) is 32.1 Å². The number of benzene rings is 2. The molecule has 1 amide bonds. The van der Waals surface area contributed by atoms with Gasteiger partial charge in [-0.1, -0.05) is 18.2 Å². The molecule has 0 bridgehead atoms. The second-order valence-corrected chi connectivity index (χ2v) is 8.21. The first-order chi connectivity index (χ1) is 17.5. The third kappa shape index (κ3) is 6.03. The Labute approximate surface area is 207 Å². The number of nitrogens with one attached hydrogen (secondary N) is 1. The number of allylic oxidation sites excluding steroid dienone is 1. The van der Waals surface area contributed by atoms with Crippen molar-refractivity contribution in [1.29, 1.82) is 0 Å². The predicted molar refractivity (Wildman–Crippen MR) is 132 cm³/mol. The van der Waals surface area contributed by atoms with Gasteiger partial charge in [-0.2, -0.15) is 0 Å². The van der Waals surface area contributed by atoms with E-state index in [0.29, 0.717) is 17.8 Å². The Bertz CT molecular complexity index is 1250. The molecule has 0 fully saturated rings. The van der Waals surface area contributed by atoms with Gasteiger partial charge in [0.15, 0.2) is 5.76 Å². The third-order valence-corrected chi connectivity index (χ3v) is 5.71. The van der Waals surface area contributed by atoms with Crippen LogP contribution in [0.4, 0.5) is 5.69 Å². The molecule has 4 rings (SSSR count). The van der Waals surface area contributed by atoms with Crippen LogP contribution < -0.4 is 10.9 Å². The van der Waals surface area contributed by atoms with Crippen LogP contribution in [-0.4, -0.2) is 58.2 Å². The lowest BCUT2D eigenvalue weighted by Crippen LogP contribution is -2.31. The molecule has 0 saturated heterocycles. The molecule has 190 valence electrons. The van der Waals surface area contributed by atoms with Crippen molar-refractivity contribution >= 4 is 11.6 Å². The van der Waals surface area contributed by atoms with E-state index in [2.05, 4.69) is 5.32 Å². The second kappa shape index (κ2) is 11.7. The van der Waals surface area contributed by atoms with Crippen LogP contribution in [0.15, 0.2) is 77.3 Å². The minimum absolute atomic E-state index is 0.0560. The van der Waals surface area contributed by atoms with Crippen molar-refractivity contribution in [3.8, 4) is 11.4 Å². The minimum atomic E-state index is -0.756. The SMILES string of the molecule is Cn1c([C@@H]2C=C(C(=O)Nc3ccc(O)cc3)O[C@H](OCCOCCO)C2)cc(=O)n1-c1ccccc1. The number of rotatable bonds is 10. The number of carbonyl (C=O) groups is 1. The van der Waals surface area contributed by atoms with E-state index in [-0.39, 0.29) is 49.4 Å². The predicted octanol–water partition coefficient (Wildman–Crippen LogP) is 2.26. The van der Waals surface area contributed by atoms with Crippen molar-refractivity contribution in [2.24, 2.45) is 7.05 Å². The van der Waals surface area contributed by atoms with Crippen molar-refractivity contribution in [2.45, 2.75) is 18.6 Å². The van der Waals surface area contributed by atoms with Gasteiger partial charge in [-0.3, -0.25) is 14.3 Å². The molecule has 0 aliphatic carbocycles. The fraction of sp³-hybridized carbons (Fsp3) is 0.308. The number of anilines is 1. The minimum Gasteiger partial charge on any atom is -0.508 e. The first-order valence-corrected chi connectivity index (χ1v) is 11.6. The highest BCUT2D eigenvalue weighted by Crippen LogP contribution is 2.32. The summed E-state index contributed by atoms with van der Waals surface area (Å²) in [5.41, 5.74) is 1.73. The van der Waals surface area contributed by atoms with Crippen LogP contribution in [0, 0.1) is 0 Å². The maximum Gasteiger partial charge on any atom is 0.290 e. The smallest absolute Gasteiger partial charge is 0.290 e. The fourth-order valence-corrected chi connectivity index (χ4v) is 4.03. The lowest BCUT2D eigenvalue weighted by molar-refractivity contribution is -0.149. The first kappa shape index (κ1) is 25.2. The van der Waals surface area contributed by atoms with E-state index in [1.54, 1.807) is 40.7 Å². The molecule has 2 heterocycles. The first-order valence-electron chi connectivity index (χ1n) is 11.6. The van der Waals surface area contributed by atoms with E-state index in [1.807, 2.05) is 30.3 Å². The number of ether oxygens (including phenoxy) is 3. The van der Waals surface area contributed by atoms with E-state index >= 15 is 0 Å². The van der Waals surface area contributed by atoms with E-state index in [0.717, 1.165) is 5.69 Å². The number of hydrogen-bond donors (Lipinski definition) is 3. The molecule has 1 aliphatic heterocycles. The number of aliphatic hydroxyl groups is 1. The molecular weight excluding hydrogens is 466 g/mol. The van der Waals surface area contributed by atoms with Crippen LogP contribution in [0.5, 0.6) is 5.75 Å². The van der Waals surface area contributed by atoms with E-state index in [4.69, 9.17) is 19.3 Å². The molecule has 1 aromatic heterocycles. The summed E-state index contributed by atoms with van der Waals surface area (Å²) < 4.78 is 20.2. The monoisotopic (exact) mass is 495 g/mol. The van der Waals surface area contributed by atoms with Crippen LogP contribution in [0.2, 0.25) is 0 Å². The lowest BCUT2D eigenvalue weighted by atomic mass is 9.97.